The third kappa shape index (κ3) is 5.50. The number of pyridine rings is 2. The molecule has 4 nitrogen and oxygen atoms in total. The summed E-state index contributed by atoms with van der Waals surface area (Å²) < 4.78 is 0. The van der Waals surface area contributed by atoms with Crippen molar-refractivity contribution in [3.05, 3.63) is 181 Å². The number of allylic oxidation sites excluding steroid dienone is 8. The lowest BCUT2D eigenvalue weighted by atomic mass is 9.87. The molecule has 4 heteroatoms. The summed E-state index contributed by atoms with van der Waals surface area (Å²) in [4.78, 5) is 19.9. The third-order valence-electron chi connectivity index (χ3n) is 8.84. The van der Waals surface area contributed by atoms with E-state index in [2.05, 4.69) is 131 Å². The summed E-state index contributed by atoms with van der Waals surface area (Å²) in [6, 6.07) is 37.9. The van der Waals surface area contributed by atoms with E-state index in [9.17, 15) is 0 Å². The molecule has 46 heavy (non-hydrogen) atoms. The number of aromatic nitrogens is 4. The largest absolute Gasteiger partial charge is 0.256 e. The maximum absolute atomic E-state index is 5.41. The van der Waals surface area contributed by atoms with Crippen molar-refractivity contribution >= 4 is 22.0 Å². The van der Waals surface area contributed by atoms with Crippen LogP contribution in [-0.4, -0.2) is 19.9 Å². The average molecular weight is 593 g/mol. The van der Waals surface area contributed by atoms with Crippen LogP contribution in [0.4, 0.5) is 0 Å². The first-order valence-electron chi connectivity index (χ1n) is 15.9. The predicted octanol–water partition coefficient (Wildman–Crippen LogP) is 10.0. The molecule has 2 unspecified atom stereocenters. The van der Waals surface area contributed by atoms with E-state index >= 15 is 0 Å². The summed E-state index contributed by atoms with van der Waals surface area (Å²) in [5.74, 6) is 1.03. The first kappa shape index (κ1) is 27.8. The summed E-state index contributed by atoms with van der Waals surface area (Å²) in [5.41, 5.74) is 10.9. The van der Waals surface area contributed by atoms with E-state index in [1.54, 1.807) is 0 Å². The lowest BCUT2D eigenvalue weighted by Crippen LogP contribution is -2.11. The van der Waals surface area contributed by atoms with Gasteiger partial charge in [-0.25, -0.2) is 9.97 Å². The summed E-state index contributed by atoms with van der Waals surface area (Å²) >= 11 is 0. The van der Waals surface area contributed by atoms with Crippen LogP contribution in [0.5, 0.6) is 0 Å². The highest BCUT2D eigenvalue weighted by Crippen LogP contribution is 2.40. The van der Waals surface area contributed by atoms with Gasteiger partial charge in [0.25, 0.3) is 0 Å². The molecule has 8 rings (SSSR count). The molecule has 0 bridgehead atoms. The highest BCUT2D eigenvalue weighted by Gasteiger charge is 2.24. The molecule has 0 radical (unpaired) electrons. The number of hydrogen-bond acceptors (Lipinski definition) is 4. The average Bonchev–Trinajstić information content (AvgIpc) is 3.15. The lowest BCUT2D eigenvalue weighted by Gasteiger charge is -2.22. The second-order valence-corrected chi connectivity index (χ2v) is 11.8. The number of nitrogens with zero attached hydrogens (tertiary/aromatic N) is 4. The van der Waals surface area contributed by atoms with Crippen molar-refractivity contribution in [1.29, 1.82) is 0 Å². The van der Waals surface area contributed by atoms with Gasteiger partial charge in [0.1, 0.15) is 5.82 Å². The van der Waals surface area contributed by atoms with Crippen LogP contribution in [0.1, 0.15) is 47.6 Å². The second kappa shape index (κ2) is 12.3. The Labute approximate surface area is 269 Å². The van der Waals surface area contributed by atoms with E-state index in [0.717, 1.165) is 74.5 Å². The summed E-state index contributed by atoms with van der Waals surface area (Å²) in [6.45, 7) is 0. The molecule has 0 amide bonds. The zero-order valence-corrected chi connectivity index (χ0v) is 25.4. The van der Waals surface area contributed by atoms with Gasteiger partial charge in [-0.15, -0.1) is 0 Å². The van der Waals surface area contributed by atoms with Crippen molar-refractivity contribution < 1.29 is 0 Å². The second-order valence-electron chi connectivity index (χ2n) is 11.8. The van der Waals surface area contributed by atoms with Gasteiger partial charge >= 0.3 is 0 Å². The van der Waals surface area contributed by atoms with Gasteiger partial charge in [0.2, 0.25) is 0 Å². The fourth-order valence-electron chi connectivity index (χ4n) is 6.44. The molecule has 0 aliphatic heterocycles. The molecule has 6 aromatic rings. The van der Waals surface area contributed by atoms with Gasteiger partial charge in [-0.3, -0.25) is 9.97 Å². The fourth-order valence-corrected chi connectivity index (χ4v) is 6.44. The van der Waals surface area contributed by atoms with Crippen LogP contribution in [0.25, 0.3) is 44.3 Å². The van der Waals surface area contributed by atoms with Crippen LogP contribution in [-0.2, 0) is 0 Å². The Morgan fingerprint density at radius 2 is 1.11 bits per heavy atom. The Bertz CT molecular complexity index is 2130. The van der Waals surface area contributed by atoms with Crippen molar-refractivity contribution in [2.45, 2.75) is 24.7 Å². The number of benzene rings is 3. The zero-order chi connectivity index (χ0) is 30.7. The van der Waals surface area contributed by atoms with Crippen LogP contribution in [0, 0.1) is 0 Å². The van der Waals surface area contributed by atoms with Gasteiger partial charge < -0.3 is 0 Å². The molecule has 0 saturated heterocycles. The molecule has 0 spiro atoms. The SMILES string of the molecule is C1=CC(c2nc(C3C=CC(c4ccccn4)=CC3)c3cc(-c4ccccc4)cc(-c4ccccc4)c3n2)CC=C1c1ccccn1. The topological polar surface area (TPSA) is 51.6 Å². The molecular weight excluding hydrogens is 560 g/mol. The van der Waals surface area contributed by atoms with Crippen LogP contribution < -0.4 is 0 Å². The van der Waals surface area contributed by atoms with Crippen molar-refractivity contribution in [2.75, 3.05) is 0 Å². The molecular formula is C42H32N4. The molecule has 0 N–H and O–H groups in total. The quantitative estimate of drug-likeness (QED) is 0.193. The Morgan fingerprint density at radius 3 is 1.67 bits per heavy atom. The summed E-state index contributed by atoms with van der Waals surface area (Å²) in [5, 5.41) is 1.10. The van der Waals surface area contributed by atoms with Gasteiger partial charge in [0.15, 0.2) is 0 Å². The maximum atomic E-state index is 5.41. The first-order valence-corrected chi connectivity index (χ1v) is 15.9. The Hall–Kier alpha value is -5.74. The number of hydrogen-bond donors (Lipinski definition) is 0. The van der Waals surface area contributed by atoms with Crippen LogP contribution in [0.15, 0.2) is 158 Å². The van der Waals surface area contributed by atoms with Crippen LogP contribution in [0.3, 0.4) is 0 Å². The minimum Gasteiger partial charge on any atom is -0.256 e. The third-order valence-corrected chi connectivity index (χ3v) is 8.84. The highest BCUT2D eigenvalue weighted by molar-refractivity contribution is 5.99. The van der Waals surface area contributed by atoms with E-state index < -0.39 is 0 Å². The van der Waals surface area contributed by atoms with Crippen LogP contribution in [0.2, 0.25) is 0 Å². The number of fused-ring (bicyclic) bond motifs is 1. The molecule has 2 atom stereocenters. The van der Waals surface area contributed by atoms with E-state index in [-0.39, 0.29) is 11.8 Å². The Kier molecular flexibility index (Phi) is 7.45. The van der Waals surface area contributed by atoms with Gasteiger partial charge in [-0.1, -0.05) is 109 Å². The molecule has 2 aliphatic rings. The molecule has 220 valence electrons. The van der Waals surface area contributed by atoms with Crippen molar-refractivity contribution in [3.63, 3.8) is 0 Å². The Balaban J connectivity index is 1.28. The molecule has 3 aromatic carbocycles. The lowest BCUT2D eigenvalue weighted by molar-refractivity contribution is 0.744. The van der Waals surface area contributed by atoms with Crippen molar-refractivity contribution in [2.24, 2.45) is 0 Å². The molecule has 0 saturated carbocycles. The van der Waals surface area contributed by atoms with Crippen molar-refractivity contribution in [3.8, 4) is 22.3 Å². The van der Waals surface area contributed by atoms with Gasteiger partial charge in [0.05, 0.1) is 22.6 Å². The summed E-state index contributed by atoms with van der Waals surface area (Å²) in [6.07, 6.45) is 18.8. The first-order chi connectivity index (χ1) is 22.8. The minimum absolute atomic E-state index is 0.0697. The van der Waals surface area contributed by atoms with E-state index in [1.165, 1.54) is 5.56 Å². The standard InChI is InChI=1S/C42H32N4/c1-3-11-29(12-4-1)35-27-36(30-13-5-2-6-14-30)41-37(28-35)40(33-21-17-31(18-22-33)38-15-7-9-25-43-38)45-42(46-41)34-23-19-32(20-24-34)39-16-8-10-26-44-39/h1-21,23,25-28,33-34H,22,24H2. The summed E-state index contributed by atoms with van der Waals surface area (Å²) in [7, 11) is 0. The van der Waals surface area contributed by atoms with Gasteiger partial charge in [0, 0.05) is 35.2 Å². The predicted molar refractivity (Wildman–Crippen MR) is 188 cm³/mol. The highest BCUT2D eigenvalue weighted by atomic mass is 14.9. The van der Waals surface area contributed by atoms with E-state index in [1.807, 2.05) is 36.7 Å². The normalized spacial score (nSPS) is 17.5. The van der Waals surface area contributed by atoms with Gasteiger partial charge in [-0.05, 0) is 77.1 Å². The van der Waals surface area contributed by atoms with E-state index in [4.69, 9.17) is 9.97 Å². The van der Waals surface area contributed by atoms with Crippen molar-refractivity contribution in [1.82, 2.24) is 19.9 Å². The molecule has 3 heterocycles. The molecule has 2 aliphatic carbocycles. The monoisotopic (exact) mass is 592 g/mol. The molecule has 3 aromatic heterocycles. The smallest absolute Gasteiger partial charge is 0.136 e. The van der Waals surface area contributed by atoms with Gasteiger partial charge in [-0.2, -0.15) is 0 Å². The van der Waals surface area contributed by atoms with Crippen LogP contribution >= 0.6 is 0 Å². The zero-order valence-electron chi connectivity index (χ0n) is 25.4. The maximum Gasteiger partial charge on any atom is 0.136 e. The number of rotatable bonds is 6. The Morgan fingerprint density at radius 1 is 0.522 bits per heavy atom. The molecule has 0 fully saturated rings. The fraction of sp³-hybridized carbons (Fsp3) is 0.0952. The van der Waals surface area contributed by atoms with E-state index in [0.29, 0.717) is 0 Å². The minimum atomic E-state index is 0.0697.